The maximum Gasteiger partial charge on any atom is 0.278 e. The summed E-state index contributed by atoms with van der Waals surface area (Å²) >= 11 is 3.93. The molecule has 0 aliphatic heterocycles. The van der Waals surface area contributed by atoms with Gasteiger partial charge in [-0.25, -0.2) is 0 Å². The van der Waals surface area contributed by atoms with Crippen LogP contribution in [-0.2, 0) is 0 Å². The number of amides is 1. The van der Waals surface area contributed by atoms with Crippen molar-refractivity contribution >= 4 is 33.7 Å². The molecule has 1 amide bonds. The molecule has 78 valence electrons. The molecule has 0 aromatic rings. The SMILES string of the molecule is BNCCCC(B)N(C(=O)S)C1CC1. The first-order valence-corrected chi connectivity index (χ1v) is 5.77. The predicted molar refractivity (Wildman–Crippen MR) is 67.4 cm³/mol. The van der Waals surface area contributed by atoms with E-state index in [0.717, 1.165) is 32.2 Å². The van der Waals surface area contributed by atoms with Gasteiger partial charge in [0.2, 0.25) is 0 Å². The van der Waals surface area contributed by atoms with Crippen molar-refractivity contribution in [2.75, 3.05) is 6.54 Å². The van der Waals surface area contributed by atoms with Gasteiger partial charge in [-0.05, 0) is 32.2 Å². The number of nitrogens with zero attached hydrogens (tertiary/aromatic N) is 1. The summed E-state index contributed by atoms with van der Waals surface area (Å²) in [4.78, 5) is 13.2. The number of hydrogen-bond donors (Lipinski definition) is 2. The van der Waals surface area contributed by atoms with Gasteiger partial charge in [-0.15, -0.1) is 0 Å². The monoisotopic (exact) mass is 212 g/mol. The van der Waals surface area contributed by atoms with E-state index in [2.05, 4.69) is 25.7 Å². The third-order valence-corrected chi connectivity index (χ3v) is 2.92. The zero-order valence-electron chi connectivity index (χ0n) is 8.99. The van der Waals surface area contributed by atoms with E-state index in [9.17, 15) is 4.79 Å². The lowest BCUT2D eigenvalue weighted by atomic mass is 9.90. The smallest absolute Gasteiger partial charge is 0.278 e. The second-order valence-electron chi connectivity index (χ2n) is 4.02. The molecule has 0 heterocycles. The lowest BCUT2D eigenvalue weighted by molar-refractivity contribution is 0.211. The molecule has 1 N–H and O–H groups in total. The van der Waals surface area contributed by atoms with Crippen LogP contribution in [0.15, 0.2) is 0 Å². The minimum atomic E-state index is -0.0653. The Balaban J connectivity index is 2.31. The van der Waals surface area contributed by atoms with Gasteiger partial charge >= 0.3 is 0 Å². The van der Waals surface area contributed by atoms with Gasteiger partial charge in [0, 0.05) is 12.0 Å². The minimum Gasteiger partial charge on any atom is -0.362 e. The van der Waals surface area contributed by atoms with Crippen LogP contribution in [0, 0.1) is 0 Å². The van der Waals surface area contributed by atoms with Crippen LogP contribution in [0.5, 0.6) is 0 Å². The first kappa shape index (κ1) is 12.0. The van der Waals surface area contributed by atoms with E-state index in [0.29, 0.717) is 12.0 Å². The Kier molecular flexibility index (Phi) is 4.89. The topological polar surface area (TPSA) is 32.3 Å². The van der Waals surface area contributed by atoms with Crippen LogP contribution in [0.25, 0.3) is 0 Å². The van der Waals surface area contributed by atoms with E-state index in [4.69, 9.17) is 0 Å². The molecule has 1 aliphatic carbocycles. The average molecular weight is 212 g/mol. The van der Waals surface area contributed by atoms with Gasteiger partial charge in [-0.2, -0.15) is 0 Å². The summed E-state index contributed by atoms with van der Waals surface area (Å²) in [5, 5.41) is 3.05. The van der Waals surface area contributed by atoms with Gasteiger partial charge in [0.15, 0.2) is 7.98 Å². The lowest BCUT2D eigenvalue weighted by Gasteiger charge is -2.27. The van der Waals surface area contributed by atoms with E-state index in [1.165, 1.54) is 0 Å². The summed E-state index contributed by atoms with van der Waals surface area (Å²) in [7, 11) is 4.06. The molecule has 0 radical (unpaired) electrons. The normalized spacial score (nSPS) is 17.8. The molecule has 0 bridgehead atoms. The molecule has 6 heteroatoms. The van der Waals surface area contributed by atoms with Gasteiger partial charge in [0.1, 0.15) is 7.85 Å². The van der Waals surface area contributed by atoms with Crippen molar-refractivity contribution in [2.24, 2.45) is 0 Å². The second-order valence-corrected chi connectivity index (χ2v) is 4.40. The number of hydrogen-bond acceptors (Lipinski definition) is 2. The van der Waals surface area contributed by atoms with Crippen LogP contribution in [0.4, 0.5) is 4.79 Å². The highest BCUT2D eigenvalue weighted by Gasteiger charge is 2.33. The van der Waals surface area contributed by atoms with Crippen molar-refractivity contribution in [3.05, 3.63) is 0 Å². The quantitative estimate of drug-likeness (QED) is 0.349. The van der Waals surface area contributed by atoms with E-state index in [1.807, 2.05) is 12.9 Å². The van der Waals surface area contributed by atoms with Crippen molar-refractivity contribution in [1.82, 2.24) is 10.1 Å². The highest BCUT2D eigenvalue weighted by atomic mass is 32.1. The Morgan fingerprint density at radius 1 is 1.64 bits per heavy atom. The van der Waals surface area contributed by atoms with Crippen LogP contribution in [-0.4, -0.2) is 44.5 Å². The van der Waals surface area contributed by atoms with E-state index < -0.39 is 0 Å². The molecular formula is C8H18B2N2OS. The van der Waals surface area contributed by atoms with Crippen molar-refractivity contribution in [2.45, 2.75) is 37.7 Å². The Hall–Kier alpha value is -0.0901. The highest BCUT2D eigenvalue weighted by molar-refractivity contribution is 7.96. The lowest BCUT2D eigenvalue weighted by Crippen LogP contribution is -2.39. The summed E-state index contributed by atoms with van der Waals surface area (Å²) in [6, 6.07) is 0.476. The number of carbonyl (C=O) groups excluding carboxylic acids is 1. The van der Waals surface area contributed by atoms with Gasteiger partial charge in [0.25, 0.3) is 5.24 Å². The standard InChI is InChI=1S/C8H18B2N2OS/c9-7(2-1-5-11-10)12(8(13)14)6-3-4-6/h6-7,11H,1-5,9-10H2,(H,13,14). The molecule has 1 saturated carbocycles. The maximum absolute atomic E-state index is 11.3. The van der Waals surface area contributed by atoms with Crippen LogP contribution in [0.3, 0.4) is 0 Å². The molecule has 14 heavy (non-hydrogen) atoms. The molecule has 0 saturated heterocycles. The molecule has 0 aromatic carbocycles. The van der Waals surface area contributed by atoms with Crippen molar-refractivity contribution in [1.29, 1.82) is 0 Å². The van der Waals surface area contributed by atoms with Crippen LogP contribution in [0.2, 0.25) is 0 Å². The number of rotatable bonds is 6. The third-order valence-electron chi connectivity index (χ3n) is 2.68. The molecule has 0 spiro atoms. The van der Waals surface area contributed by atoms with Gasteiger partial charge < -0.3 is 10.1 Å². The Bertz CT molecular complexity index is 202. The Morgan fingerprint density at radius 3 is 2.71 bits per heavy atom. The average Bonchev–Trinajstić information content (AvgIpc) is 2.88. The summed E-state index contributed by atoms with van der Waals surface area (Å²) in [5.41, 5.74) is 0. The van der Waals surface area contributed by atoms with Crippen molar-refractivity contribution in [3.63, 3.8) is 0 Å². The fraction of sp³-hybridized carbons (Fsp3) is 0.875. The largest absolute Gasteiger partial charge is 0.362 e. The van der Waals surface area contributed by atoms with Crippen molar-refractivity contribution < 1.29 is 4.79 Å². The van der Waals surface area contributed by atoms with E-state index in [1.54, 1.807) is 0 Å². The zero-order valence-corrected chi connectivity index (χ0v) is 9.89. The minimum absolute atomic E-state index is 0.0653. The molecule has 1 atom stereocenters. The second kappa shape index (κ2) is 5.71. The summed E-state index contributed by atoms with van der Waals surface area (Å²) < 4.78 is 0. The van der Waals surface area contributed by atoms with Crippen LogP contribution >= 0.6 is 12.6 Å². The van der Waals surface area contributed by atoms with E-state index in [-0.39, 0.29) is 5.24 Å². The Morgan fingerprint density at radius 2 is 2.29 bits per heavy atom. The van der Waals surface area contributed by atoms with Gasteiger partial charge in [0.05, 0.1) is 0 Å². The molecule has 1 aliphatic rings. The molecule has 1 unspecified atom stereocenters. The fourth-order valence-electron chi connectivity index (χ4n) is 1.77. The summed E-state index contributed by atoms with van der Waals surface area (Å²) in [6.07, 6.45) is 4.48. The third kappa shape index (κ3) is 3.58. The van der Waals surface area contributed by atoms with Gasteiger partial charge in [-0.3, -0.25) is 4.79 Å². The fourth-order valence-corrected chi connectivity index (χ4v) is 2.13. The molecule has 1 rings (SSSR count). The van der Waals surface area contributed by atoms with Crippen molar-refractivity contribution in [3.8, 4) is 0 Å². The molecule has 0 aromatic heterocycles. The number of nitrogens with one attached hydrogen (secondary N) is 1. The zero-order chi connectivity index (χ0) is 10.6. The number of carbonyl (C=O) groups is 1. The van der Waals surface area contributed by atoms with Crippen LogP contribution in [0.1, 0.15) is 25.7 Å². The molecule has 1 fully saturated rings. The molecular weight excluding hydrogens is 194 g/mol. The summed E-state index contributed by atoms with van der Waals surface area (Å²) in [6.45, 7) is 1.02. The first-order chi connectivity index (χ1) is 6.66. The predicted octanol–water partition coefficient (Wildman–Crippen LogP) is -0.622. The highest BCUT2D eigenvalue weighted by Crippen LogP contribution is 2.29. The van der Waals surface area contributed by atoms with Crippen LogP contribution < -0.4 is 5.23 Å². The maximum atomic E-state index is 11.3. The first-order valence-electron chi connectivity index (χ1n) is 5.32. The molecule has 3 nitrogen and oxygen atoms in total. The number of thiol groups is 1. The van der Waals surface area contributed by atoms with Gasteiger partial charge in [-0.1, -0.05) is 12.6 Å². The summed E-state index contributed by atoms with van der Waals surface area (Å²) in [5.74, 6) is 0.334. The van der Waals surface area contributed by atoms with E-state index >= 15 is 0 Å². The Labute approximate surface area is 93.2 Å².